The number of nitrogens with zero attached hydrogens (tertiary/aromatic N) is 1. The van der Waals surface area contributed by atoms with Crippen molar-refractivity contribution in [2.75, 3.05) is 0 Å². The van der Waals surface area contributed by atoms with Gasteiger partial charge in [-0.2, -0.15) is 0 Å². The van der Waals surface area contributed by atoms with Crippen LogP contribution < -0.4 is 5.32 Å². The summed E-state index contributed by atoms with van der Waals surface area (Å²) in [5.74, 6) is -0.0700. The number of benzene rings is 2. The molecule has 0 saturated heterocycles. The first-order valence-electron chi connectivity index (χ1n) is 10.5. The van der Waals surface area contributed by atoms with E-state index in [1.807, 2.05) is 52.0 Å². The maximum Gasteiger partial charge on any atom is 0.243 e. The molecule has 2 aromatic rings. The van der Waals surface area contributed by atoms with E-state index in [2.05, 4.69) is 36.5 Å². The largest absolute Gasteiger partial charge is 0.352 e. The summed E-state index contributed by atoms with van der Waals surface area (Å²) in [7, 11) is 0. The fourth-order valence-electron chi connectivity index (χ4n) is 3.42. The molecule has 156 valence electrons. The van der Waals surface area contributed by atoms with Gasteiger partial charge in [0.1, 0.15) is 6.04 Å². The number of aryl methyl sites for hydroxylation is 3. The Hall–Kier alpha value is -2.62. The van der Waals surface area contributed by atoms with Gasteiger partial charge in [0.2, 0.25) is 11.8 Å². The Morgan fingerprint density at radius 3 is 2.24 bits per heavy atom. The molecule has 2 aromatic carbocycles. The Kier molecular flexibility index (Phi) is 8.44. The number of nitrogens with one attached hydrogen (secondary N) is 1. The first-order valence-corrected chi connectivity index (χ1v) is 10.5. The van der Waals surface area contributed by atoms with Crippen molar-refractivity contribution in [2.24, 2.45) is 0 Å². The quantitative estimate of drug-likeness (QED) is 0.677. The van der Waals surface area contributed by atoms with E-state index in [1.165, 1.54) is 5.56 Å². The molecule has 0 bridgehead atoms. The van der Waals surface area contributed by atoms with Crippen molar-refractivity contribution in [3.63, 3.8) is 0 Å². The molecule has 1 N–H and O–H groups in total. The Labute approximate surface area is 175 Å². The number of hydrogen-bond acceptors (Lipinski definition) is 2. The zero-order valence-electron chi connectivity index (χ0n) is 18.4. The number of amides is 2. The van der Waals surface area contributed by atoms with Crippen molar-refractivity contribution in [1.82, 2.24) is 10.2 Å². The minimum atomic E-state index is -0.470. The van der Waals surface area contributed by atoms with Crippen LogP contribution in [0.4, 0.5) is 0 Å². The van der Waals surface area contributed by atoms with E-state index in [0.717, 1.165) is 16.7 Å². The highest BCUT2D eigenvalue weighted by atomic mass is 16.2. The van der Waals surface area contributed by atoms with E-state index in [-0.39, 0.29) is 17.9 Å². The summed E-state index contributed by atoms with van der Waals surface area (Å²) in [6.07, 6.45) is 1.65. The molecular formula is C25H34N2O2. The van der Waals surface area contributed by atoms with Crippen molar-refractivity contribution in [2.45, 2.75) is 72.5 Å². The Morgan fingerprint density at radius 1 is 1.00 bits per heavy atom. The second kappa shape index (κ2) is 10.8. The molecule has 1 unspecified atom stereocenters. The number of hydrogen-bond donors (Lipinski definition) is 1. The van der Waals surface area contributed by atoms with Crippen molar-refractivity contribution < 1.29 is 9.59 Å². The molecular weight excluding hydrogens is 360 g/mol. The number of carbonyl (C=O) groups excluding carboxylic acids is 2. The predicted molar refractivity (Wildman–Crippen MR) is 119 cm³/mol. The molecule has 0 aromatic heterocycles. The maximum atomic E-state index is 13.2. The summed E-state index contributed by atoms with van der Waals surface area (Å²) >= 11 is 0. The third-order valence-corrected chi connectivity index (χ3v) is 5.17. The van der Waals surface area contributed by atoms with Crippen LogP contribution in [0.2, 0.25) is 0 Å². The summed E-state index contributed by atoms with van der Waals surface area (Å²) in [6.45, 7) is 10.4. The van der Waals surface area contributed by atoms with Gasteiger partial charge in [0.15, 0.2) is 0 Å². The zero-order valence-corrected chi connectivity index (χ0v) is 18.4. The average Bonchev–Trinajstić information content (AvgIpc) is 2.68. The fraction of sp³-hybridized carbons (Fsp3) is 0.440. The lowest BCUT2D eigenvalue weighted by Crippen LogP contribution is -2.50. The molecule has 2 rings (SSSR count). The van der Waals surface area contributed by atoms with Gasteiger partial charge in [-0.15, -0.1) is 0 Å². The fourth-order valence-corrected chi connectivity index (χ4v) is 3.42. The minimum Gasteiger partial charge on any atom is -0.352 e. The van der Waals surface area contributed by atoms with Gasteiger partial charge >= 0.3 is 0 Å². The van der Waals surface area contributed by atoms with Gasteiger partial charge in [-0.25, -0.2) is 0 Å². The van der Waals surface area contributed by atoms with Crippen molar-refractivity contribution in [1.29, 1.82) is 0 Å². The van der Waals surface area contributed by atoms with E-state index >= 15 is 0 Å². The monoisotopic (exact) mass is 394 g/mol. The molecule has 29 heavy (non-hydrogen) atoms. The number of carbonyl (C=O) groups is 2. The summed E-state index contributed by atoms with van der Waals surface area (Å²) in [4.78, 5) is 27.8. The van der Waals surface area contributed by atoms with Crippen molar-refractivity contribution in [3.8, 4) is 0 Å². The van der Waals surface area contributed by atoms with Gasteiger partial charge < -0.3 is 10.2 Å². The molecule has 0 saturated carbocycles. The van der Waals surface area contributed by atoms with Gasteiger partial charge in [0, 0.05) is 19.0 Å². The Morgan fingerprint density at radius 2 is 1.66 bits per heavy atom. The molecule has 0 radical (unpaired) electrons. The van der Waals surface area contributed by atoms with E-state index in [9.17, 15) is 9.59 Å². The first-order chi connectivity index (χ1) is 13.8. The van der Waals surface area contributed by atoms with Crippen LogP contribution in [0.25, 0.3) is 0 Å². The van der Waals surface area contributed by atoms with Gasteiger partial charge in [-0.05, 0) is 57.2 Å². The van der Waals surface area contributed by atoms with Crippen molar-refractivity contribution in [3.05, 3.63) is 70.8 Å². The molecule has 0 heterocycles. The standard InChI is InChI=1S/C25H34N2O2/c1-6-23(25(29)26-18(2)3)27(17-22-10-8-7-9-20(22)5)24(28)16-15-21-13-11-19(4)12-14-21/h7-14,18,23H,6,15-17H2,1-5H3,(H,26,29). The molecule has 0 aliphatic rings. The summed E-state index contributed by atoms with van der Waals surface area (Å²) in [5, 5.41) is 2.98. The van der Waals surface area contributed by atoms with Crippen LogP contribution in [0.1, 0.15) is 55.9 Å². The second-order valence-corrected chi connectivity index (χ2v) is 8.02. The van der Waals surface area contributed by atoms with E-state index in [4.69, 9.17) is 0 Å². The minimum absolute atomic E-state index is 0.0135. The van der Waals surface area contributed by atoms with Crippen molar-refractivity contribution >= 4 is 11.8 Å². The maximum absolute atomic E-state index is 13.2. The van der Waals surface area contributed by atoms with Crippen LogP contribution in [0, 0.1) is 13.8 Å². The molecule has 0 aliphatic heterocycles. The van der Waals surface area contributed by atoms with Crippen LogP contribution in [-0.2, 0) is 22.6 Å². The molecule has 0 fully saturated rings. The summed E-state index contributed by atoms with van der Waals surface area (Å²) < 4.78 is 0. The highest BCUT2D eigenvalue weighted by molar-refractivity contribution is 5.87. The summed E-state index contributed by atoms with van der Waals surface area (Å²) in [6, 6.07) is 15.9. The van der Waals surface area contributed by atoms with Gasteiger partial charge in [0.05, 0.1) is 0 Å². The van der Waals surface area contributed by atoms with E-state index in [1.54, 1.807) is 4.90 Å². The van der Waals surface area contributed by atoms with Gasteiger partial charge in [-0.1, -0.05) is 61.0 Å². The van der Waals surface area contributed by atoms with Crippen LogP contribution in [-0.4, -0.2) is 28.8 Å². The van der Waals surface area contributed by atoms with Crippen LogP contribution in [0.15, 0.2) is 48.5 Å². The smallest absolute Gasteiger partial charge is 0.243 e. The Bertz CT molecular complexity index is 812. The SMILES string of the molecule is CCC(C(=O)NC(C)C)N(Cc1ccccc1C)C(=O)CCc1ccc(C)cc1. The third-order valence-electron chi connectivity index (χ3n) is 5.17. The van der Waals surface area contributed by atoms with E-state index < -0.39 is 6.04 Å². The molecule has 0 spiro atoms. The topological polar surface area (TPSA) is 49.4 Å². The molecule has 1 atom stereocenters. The van der Waals surface area contributed by atoms with Gasteiger partial charge in [0.25, 0.3) is 0 Å². The highest BCUT2D eigenvalue weighted by Crippen LogP contribution is 2.17. The molecule has 0 aliphatic carbocycles. The zero-order chi connectivity index (χ0) is 21.4. The summed E-state index contributed by atoms with van der Waals surface area (Å²) in [5.41, 5.74) is 4.55. The van der Waals surface area contributed by atoms with Crippen LogP contribution in [0.3, 0.4) is 0 Å². The first kappa shape index (κ1) is 22.7. The normalized spacial score (nSPS) is 11.9. The predicted octanol–water partition coefficient (Wildman–Crippen LogP) is 4.57. The lowest BCUT2D eigenvalue weighted by Gasteiger charge is -2.31. The average molecular weight is 395 g/mol. The third kappa shape index (κ3) is 6.74. The highest BCUT2D eigenvalue weighted by Gasteiger charge is 2.28. The lowest BCUT2D eigenvalue weighted by atomic mass is 10.0. The van der Waals surface area contributed by atoms with E-state index in [0.29, 0.717) is 25.8 Å². The molecule has 2 amide bonds. The Balaban J connectivity index is 2.21. The second-order valence-electron chi connectivity index (χ2n) is 8.02. The van der Waals surface area contributed by atoms with Crippen LogP contribution in [0.5, 0.6) is 0 Å². The van der Waals surface area contributed by atoms with Crippen LogP contribution >= 0.6 is 0 Å². The van der Waals surface area contributed by atoms with Gasteiger partial charge in [-0.3, -0.25) is 9.59 Å². The molecule has 4 nitrogen and oxygen atoms in total. The molecule has 4 heteroatoms. The lowest BCUT2D eigenvalue weighted by molar-refractivity contribution is -0.141. The number of rotatable bonds is 9.